The number of rotatable bonds is 0. The van der Waals surface area contributed by atoms with Crippen LogP contribution in [0.4, 0.5) is 0 Å². The molecule has 1 N–H and O–H groups in total. The standard InChI is InChI=1S/C16H10ClN/c17-14-7-3-6-12-13-9-8-10-4-1-2-5-11(10)15(13)18-16(12)14/h1-9,18H. The summed E-state index contributed by atoms with van der Waals surface area (Å²) in [7, 11) is 0. The molecule has 0 bridgehead atoms. The van der Waals surface area contributed by atoms with Gasteiger partial charge in [0.25, 0.3) is 0 Å². The zero-order chi connectivity index (χ0) is 12.1. The van der Waals surface area contributed by atoms with Crippen molar-refractivity contribution in [3.05, 3.63) is 59.6 Å². The Morgan fingerprint density at radius 2 is 1.44 bits per heavy atom. The predicted octanol–water partition coefficient (Wildman–Crippen LogP) is 5.13. The van der Waals surface area contributed by atoms with Crippen LogP contribution in [-0.2, 0) is 0 Å². The Bertz CT molecular complexity index is 889. The number of benzene rings is 3. The number of aromatic nitrogens is 1. The van der Waals surface area contributed by atoms with Gasteiger partial charge in [-0.1, -0.05) is 60.1 Å². The van der Waals surface area contributed by atoms with E-state index >= 15 is 0 Å². The van der Waals surface area contributed by atoms with Gasteiger partial charge in [-0.3, -0.25) is 0 Å². The smallest absolute Gasteiger partial charge is 0.0654 e. The molecule has 18 heavy (non-hydrogen) atoms. The first-order chi connectivity index (χ1) is 8.84. The Balaban J connectivity index is 2.33. The van der Waals surface area contributed by atoms with Crippen LogP contribution in [0.1, 0.15) is 0 Å². The highest BCUT2D eigenvalue weighted by molar-refractivity contribution is 6.36. The van der Waals surface area contributed by atoms with Crippen LogP contribution in [0.25, 0.3) is 32.6 Å². The summed E-state index contributed by atoms with van der Waals surface area (Å²) in [5, 5.41) is 5.66. The van der Waals surface area contributed by atoms with E-state index in [0.717, 1.165) is 16.1 Å². The van der Waals surface area contributed by atoms with Crippen LogP contribution >= 0.6 is 11.6 Å². The first kappa shape index (κ1) is 9.98. The second kappa shape index (κ2) is 3.50. The molecule has 1 aromatic heterocycles. The molecule has 0 saturated heterocycles. The van der Waals surface area contributed by atoms with Crippen molar-refractivity contribution in [2.24, 2.45) is 0 Å². The van der Waals surface area contributed by atoms with Crippen LogP contribution in [0.5, 0.6) is 0 Å². The molecule has 4 aromatic rings. The molecule has 0 atom stereocenters. The third-order valence-corrected chi connectivity index (χ3v) is 3.80. The molecular formula is C16H10ClN. The Kier molecular flexibility index (Phi) is 1.94. The predicted molar refractivity (Wildman–Crippen MR) is 78.3 cm³/mol. The highest BCUT2D eigenvalue weighted by Crippen LogP contribution is 2.33. The third kappa shape index (κ3) is 1.22. The van der Waals surface area contributed by atoms with Crippen molar-refractivity contribution in [3.63, 3.8) is 0 Å². The summed E-state index contributed by atoms with van der Waals surface area (Å²) in [4.78, 5) is 3.46. The van der Waals surface area contributed by atoms with Crippen molar-refractivity contribution in [1.82, 2.24) is 4.98 Å². The van der Waals surface area contributed by atoms with E-state index < -0.39 is 0 Å². The lowest BCUT2D eigenvalue weighted by Gasteiger charge is -1.98. The van der Waals surface area contributed by atoms with Gasteiger partial charge in [0.15, 0.2) is 0 Å². The quantitative estimate of drug-likeness (QED) is 0.446. The van der Waals surface area contributed by atoms with Gasteiger partial charge in [-0.2, -0.15) is 0 Å². The highest BCUT2D eigenvalue weighted by Gasteiger charge is 2.08. The van der Waals surface area contributed by atoms with Crippen molar-refractivity contribution >= 4 is 44.2 Å². The van der Waals surface area contributed by atoms with E-state index in [2.05, 4.69) is 47.4 Å². The molecule has 86 valence electrons. The second-order valence-corrected chi connectivity index (χ2v) is 4.90. The van der Waals surface area contributed by atoms with Gasteiger partial charge in [-0.15, -0.1) is 0 Å². The van der Waals surface area contributed by atoms with E-state index in [1.165, 1.54) is 21.5 Å². The number of aromatic amines is 1. The first-order valence-corrected chi connectivity index (χ1v) is 6.30. The summed E-state index contributed by atoms with van der Waals surface area (Å²) in [6.45, 7) is 0. The molecule has 0 aliphatic carbocycles. The zero-order valence-electron chi connectivity index (χ0n) is 9.57. The van der Waals surface area contributed by atoms with Crippen molar-refractivity contribution in [1.29, 1.82) is 0 Å². The summed E-state index contributed by atoms with van der Waals surface area (Å²) in [6, 6.07) is 18.7. The van der Waals surface area contributed by atoms with Crippen LogP contribution in [0.2, 0.25) is 5.02 Å². The van der Waals surface area contributed by atoms with Crippen LogP contribution in [0.3, 0.4) is 0 Å². The third-order valence-electron chi connectivity index (χ3n) is 3.48. The molecular weight excluding hydrogens is 242 g/mol. The van der Waals surface area contributed by atoms with Crippen molar-refractivity contribution in [2.75, 3.05) is 0 Å². The Labute approximate surface area is 109 Å². The molecule has 0 fully saturated rings. The molecule has 0 spiro atoms. The fourth-order valence-electron chi connectivity index (χ4n) is 2.63. The minimum atomic E-state index is 0.771. The summed E-state index contributed by atoms with van der Waals surface area (Å²) in [5.74, 6) is 0. The first-order valence-electron chi connectivity index (χ1n) is 5.92. The summed E-state index contributed by atoms with van der Waals surface area (Å²) < 4.78 is 0. The summed E-state index contributed by atoms with van der Waals surface area (Å²) in [6.07, 6.45) is 0. The average Bonchev–Trinajstić information content (AvgIpc) is 2.79. The second-order valence-electron chi connectivity index (χ2n) is 4.50. The van der Waals surface area contributed by atoms with Crippen LogP contribution in [0.15, 0.2) is 54.6 Å². The van der Waals surface area contributed by atoms with Crippen molar-refractivity contribution in [2.45, 2.75) is 0 Å². The van der Waals surface area contributed by atoms with Crippen LogP contribution in [-0.4, -0.2) is 4.98 Å². The number of H-pyrrole nitrogens is 1. The zero-order valence-corrected chi connectivity index (χ0v) is 10.3. The minimum absolute atomic E-state index is 0.771. The van der Waals surface area contributed by atoms with Gasteiger partial charge in [-0.25, -0.2) is 0 Å². The molecule has 2 heteroatoms. The van der Waals surface area contributed by atoms with Gasteiger partial charge in [-0.05, 0) is 11.5 Å². The van der Waals surface area contributed by atoms with E-state index in [0.29, 0.717) is 0 Å². The molecule has 0 amide bonds. The monoisotopic (exact) mass is 251 g/mol. The largest absolute Gasteiger partial charge is 0.353 e. The van der Waals surface area contributed by atoms with Gasteiger partial charge in [0.05, 0.1) is 16.1 Å². The van der Waals surface area contributed by atoms with Gasteiger partial charge in [0.2, 0.25) is 0 Å². The van der Waals surface area contributed by atoms with Crippen molar-refractivity contribution < 1.29 is 0 Å². The lowest BCUT2D eigenvalue weighted by molar-refractivity contribution is 1.56. The van der Waals surface area contributed by atoms with Crippen molar-refractivity contribution in [3.8, 4) is 0 Å². The van der Waals surface area contributed by atoms with E-state index in [4.69, 9.17) is 11.6 Å². The molecule has 3 aromatic carbocycles. The maximum Gasteiger partial charge on any atom is 0.0654 e. The van der Waals surface area contributed by atoms with Gasteiger partial charge in [0.1, 0.15) is 0 Å². The number of nitrogens with one attached hydrogen (secondary N) is 1. The van der Waals surface area contributed by atoms with Gasteiger partial charge >= 0.3 is 0 Å². The Hall–Kier alpha value is -1.99. The molecule has 1 nitrogen and oxygen atoms in total. The SMILES string of the molecule is Clc1cccc2c1[nH]c1c3ccccc3ccc21. The molecule has 1 heterocycles. The molecule has 0 radical (unpaired) electrons. The van der Waals surface area contributed by atoms with Gasteiger partial charge < -0.3 is 4.98 Å². The van der Waals surface area contributed by atoms with Crippen LogP contribution < -0.4 is 0 Å². The molecule has 0 saturated carbocycles. The lowest BCUT2D eigenvalue weighted by Crippen LogP contribution is -1.74. The minimum Gasteiger partial charge on any atom is -0.353 e. The van der Waals surface area contributed by atoms with Gasteiger partial charge in [0, 0.05) is 16.2 Å². The Morgan fingerprint density at radius 1 is 0.667 bits per heavy atom. The lowest BCUT2D eigenvalue weighted by atomic mass is 10.1. The number of halogens is 1. The summed E-state index contributed by atoms with van der Waals surface area (Å²) in [5.41, 5.74) is 2.18. The van der Waals surface area contributed by atoms with Crippen LogP contribution in [0, 0.1) is 0 Å². The van der Waals surface area contributed by atoms with E-state index in [9.17, 15) is 0 Å². The maximum absolute atomic E-state index is 6.25. The normalized spacial score (nSPS) is 11.6. The highest BCUT2D eigenvalue weighted by atomic mass is 35.5. The number of para-hydroxylation sites is 1. The summed E-state index contributed by atoms with van der Waals surface area (Å²) >= 11 is 6.25. The topological polar surface area (TPSA) is 15.8 Å². The Morgan fingerprint density at radius 3 is 2.39 bits per heavy atom. The van der Waals surface area contributed by atoms with E-state index in [1.807, 2.05) is 12.1 Å². The van der Waals surface area contributed by atoms with E-state index in [-0.39, 0.29) is 0 Å². The maximum atomic E-state index is 6.25. The fourth-order valence-corrected chi connectivity index (χ4v) is 2.85. The molecule has 0 aliphatic heterocycles. The number of hydrogen-bond acceptors (Lipinski definition) is 0. The number of fused-ring (bicyclic) bond motifs is 5. The molecule has 0 unspecified atom stereocenters. The average molecular weight is 252 g/mol. The van der Waals surface area contributed by atoms with E-state index in [1.54, 1.807) is 0 Å². The molecule has 4 rings (SSSR count). The number of hydrogen-bond donors (Lipinski definition) is 1. The molecule has 0 aliphatic rings. The fraction of sp³-hybridized carbons (Fsp3) is 0.